The molecule has 0 aliphatic rings. The first-order chi connectivity index (χ1) is 16.2. The number of nitro benzene ring substituents is 1. The molecule has 1 N–H and O–H groups in total. The molecule has 0 aliphatic carbocycles. The summed E-state index contributed by atoms with van der Waals surface area (Å²) in [5, 5.41) is 13.7. The topological polar surface area (TPSA) is 116 Å². The van der Waals surface area contributed by atoms with Gasteiger partial charge in [-0.25, -0.2) is 0 Å². The van der Waals surface area contributed by atoms with E-state index in [0.717, 1.165) is 11.1 Å². The third-order valence-electron chi connectivity index (χ3n) is 5.16. The van der Waals surface area contributed by atoms with Gasteiger partial charge in [-0.1, -0.05) is 48.0 Å². The van der Waals surface area contributed by atoms with Gasteiger partial charge in [-0.2, -0.15) is 0 Å². The van der Waals surface area contributed by atoms with Crippen LogP contribution in [0.15, 0.2) is 72.8 Å². The molecule has 0 radical (unpaired) electrons. The number of esters is 1. The van der Waals surface area contributed by atoms with E-state index in [2.05, 4.69) is 5.32 Å². The van der Waals surface area contributed by atoms with Crippen LogP contribution in [0.4, 0.5) is 11.4 Å². The van der Waals surface area contributed by atoms with Gasteiger partial charge in [0.05, 0.1) is 11.3 Å². The van der Waals surface area contributed by atoms with E-state index in [9.17, 15) is 24.5 Å². The Kier molecular flexibility index (Phi) is 7.87. The lowest BCUT2D eigenvalue weighted by Crippen LogP contribution is -2.21. The predicted octanol–water partition coefficient (Wildman–Crippen LogP) is 5.10. The molecule has 0 aliphatic heterocycles. The van der Waals surface area contributed by atoms with Gasteiger partial charge in [0.1, 0.15) is 0 Å². The molecule has 0 bridgehead atoms. The second-order valence-corrected chi connectivity index (χ2v) is 7.82. The Morgan fingerprint density at radius 2 is 1.62 bits per heavy atom. The SMILES string of the molecule is Cc1ccc(NC(=O)CCC(=O)O[C@H](C(=O)c2ccccc2)c2ccc([N+](=O)[O-])cc2)c(C)c1. The number of Topliss-reactive ketones (excluding diaryl/α,β-unsaturated/α-hetero) is 1. The van der Waals surface area contributed by atoms with Gasteiger partial charge < -0.3 is 10.1 Å². The van der Waals surface area contributed by atoms with Crippen molar-refractivity contribution in [1.82, 2.24) is 0 Å². The van der Waals surface area contributed by atoms with Crippen LogP contribution < -0.4 is 5.32 Å². The molecule has 8 heteroatoms. The lowest BCUT2D eigenvalue weighted by molar-refractivity contribution is -0.384. The number of hydrogen-bond donors (Lipinski definition) is 1. The summed E-state index contributed by atoms with van der Waals surface area (Å²) >= 11 is 0. The monoisotopic (exact) mass is 460 g/mol. The summed E-state index contributed by atoms with van der Waals surface area (Å²) in [5.74, 6) is -1.56. The van der Waals surface area contributed by atoms with Crippen molar-refractivity contribution in [3.63, 3.8) is 0 Å². The molecular formula is C26H24N2O6. The number of rotatable bonds is 9. The number of non-ortho nitro benzene ring substituents is 1. The van der Waals surface area contributed by atoms with Crippen LogP contribution in [0.1, 0.15) is 46.0 Å². The van der Waals surface area contributed by atoms with Gasteiger partial charge >= 0.3 is 5.97 Å². The summed E-state index contributed by atoms with van der Waals surface area (Å²) in [6, 6.07) is 19.1. The number of anilines is 1. The van der Waals surface area contributed by atoms with Gasteiger partial charge in [0.25, 0.3) is 5.69 Å². The second-order valence-electron chi connectivity index (χ2n) is 7.82. The lowest BCUT2D eigenvalue weighted by Gasteiger charge is -2.17. The van der Waals surface area contributed by atoms with Crippen LogP contribution in [0.5, 0.6) is 0 Å². The number of carbonyl (C=O) groups is 3. The highest BCUT2D eigenvalue weighted by atomic mass is 16.6. The van der Waals surface area contributed by atoms with Gasteiger partial charge in [-0.15, -0.1) is 0 Å². The molecule has 0 heterocycles. The third-order valence-corrected chi connectivity index (χ3v) is 5.16. The number of nitrogens with zero attached hydrogens (tertiary/aromatic N) is 1. The number of nitro groups is 1. The first-order valence-corrected chi connectivity index (χ1v) is 10.6. The minimum atomic E-state index is -1.29. The van der Waals surface area contributed by atoms with E-state index in [0.29, 0.717) is 16.8 Å². The number of amides is 1. The molecule has 3 aromatic rings. The largest absolute Gasteiger partial charge is 0.449 e. The smallest absolute Gasteiger partial charge is 0.307 e. The zero-order valence-electron chi connectivity index (χ0n) is 18.8. The third kappa shape index (κ3) is 6.35. The maximum atomic E-state index is 13.1. The fourth-order valence-electron chi connectivity index (χ4n) is 3.37. The van der Waals surface area contributed by atoms with Gasteiger partial charge in [0, 0.05) is 35.4 Å². The Morgan fingerprint density at radius 1 is 0.941 bits per heavy atom. The molecule has 0 saturated heterocycles. The zero-order chi connectivity index (χ0) is 24.7. The zero-order valence-corrected chi connectivity index (χ0v) is 18.8. The van der Waals surface area contributed by atoms with Crippen molar-refractivity contribution >= 4 is 29.0 Å². The van der Waals surface area contributed by atoms with Crippen molar-refractivity contribution in [2.45, 2.75) is 32.8 Å². The number of hydrogen-bond acceptors (Lipinski definition) is 6. The highest BCUT2D eigenvalue weighted by Gasteiger charge is 2.27. The summed E-state index contributed by atoms with van der Waals surface area (Å²) < 4.78 is 5.45. The Balaban J connectivity index is 1.69. The summed E-state index contributed by atoms with van der Waals surface area (Å²) in [5.41, 5.74) is 3.11. The number of ether oxygens (including phenoxy) is 1. The molecule has 1 amide bonds. The summed E-state index contributed by atoms with van der Waals surface area (Å²) in [6.07, 6.45) is -1.65. The van der Waals surface area contributed by atoms with Crippen molar-refractivity contribution in [3.8, 4) is 0 Å². The Bertz CT molecular complexity index is 1210. The highest BCUT2D eigenvalue weighted by Crippen LogP contribution is 2.26. The van der Waals surface area contributed by atoms with Crippen LogP contribution in [0.2, 0.25) is 0 Å². The molecule has 3 aromatic carbocycles. The Morgan fingerprint density at radius 3 is 2.24 bits per heavy atom. The van der Waals surface area contributed by atoms with Crippen molar-refractivity contribution < 1.29 is 24.0 Å². The number of benzene rings is 3. The van der Waals surface area contributed by atoms with Gasteiger partial charge in [-0.3, -0.25) is 24.5 Å². The maximum Gasteiger partial charge on any atom is 0.307 e. The van der Waals surface area contributed by atoms with Crippen LogP contribution in [-0.2, 0) is 14.3 Å². The first-order valence-electron chi connectivity index (χ1n) is 10.6. The molecule has 0 spiro atoms. The fraction of sp³-hybridized carbons (Fsp3) is 0.192. The molecule has 0 fully saturated rings. The molecule has 1 atom stereocenters. The Hall–Kier alpha value is -4.33. The summed E-state index contributed by atoms with van der Waals surface area (Å²) in [4.78, 5) is 48.3. The van der Waals surface area contributed by atoms with Crippen molar-refractivity contribution in [2.75, 3.05) is 5.32 Å². The molecule has 0 unspecified atom stereocenters. The maximum absolute atomic E-state index is 13.1. The van der Waals surface area contributed by atoms with E-state index < -0.39 is 22.8 Å². The number of aryl methyl sites for hydroxylation is 2. The average Bonchev–Trinajstić information content (AvgIpc) is 2.83. The van der Waals surface area contributed by atoms with Crippen LogP contribution >= 0.6 is 0 Å². The lowest BCUT2D eigenvalue weighted by atomic mass is 9.99. The predicted molar refractivity (Wildman–Crippen MR) is 126 cm³/mol. The van der Waals surface area contributed by atoms with Crippen LogP contribution in [-0.4, -0.2) is 22.6 Å². The van der Waals surface area contributed by atoms with Gasteiger partial charge in [0.2, 0.25) is 11.7 Å². The van der Waals surface area contributed by atoms with Crippen molar-refractivity contribution in [3.05, 3.63) is 105 Å². The average molecular weight is 460 g/mol. The minimum absolute atomic E-state index is 0.126. The minimum Gasteiger partial charge on any atom is -0.449 e. The highest BCUT2D eigenvalue weighted by molar-refractivity contribution is 6.01. The van der Waals surface area contributed by atoms with E-state index in [1.165, 1.54) is 24.3 Å². The van der Waals surface area contributed by atoms with E-state index >= 15 is 0 Å². The molecule has 0 saturated carbocycles. The van der Waals surface area contributed by atoms with Crippen LogP contribution in [0, 0.1) is 24.0 Å². The molecular weight excluding hydrogens is 436 g/mol. The molecule has 8 nitrogen and oxygen atoms in total. The van der Waals surface area contributed by atoms with E-state index in [1.807, 2.05) is 26.0 Å². The molecule has 34 heavy (non-hydrogen) atoms. The summed E-state index contributed by atoms with van der Waals surface area (Å²) in [6.45, 7) is 3.83. The standard InChI is InChI=1S/C26H24N2O6/c1-17-8-13-22(18(2)16-17)27-23(29)14-15-24(30)34-26(25(31)19-6-4-3-5-7-19)20-9-11-21(12-10-20)28(32)33/h3-13,16,26H,14-15H2,1-2H3,(H,27,29)/t26-/m0/s1. The van der Waals surface area contributed by atoms with Crippen LogP contribution in [0.25, 0.3) is 0 Å². The van der Waals surface area contributed by atoms with E-state index in [1.54, 1.807) is 36.4 Å². The molecule has 0 aromatic heterocycles. The van der Waals surface area contributed by atoms with Crippen molar-refractivity contribution in [2.24, 2.45) is 0 Å². The second kappa shape index (κ2) is 11.0. The van der Waals surface area contributed by atoms with Gasteiger partial charge in [-0.05, 0) is 37.6 Å². The van der Waals surface area contributed by atoms with Crippen LogP contribution in [0.3, 0.4) is 0 Å². The fourth-order valence-corrected chi connectivity index (χ4v) is 3.37. The number of carbonyl (C=O) groups excluding carboxylic acids is 3. The quantitative estimate of drug-likeness (QED) is 0.206. The van der Waals surface area contributed by atoms with Crippen molar-refractivity contribution in [1.29, 1.82) is 0 Å². The molecule has 3 rings (SSSR count). The Labute approximate surface area is 196 Å². The summed E-state index contributed by atoms with van der Waals surface area (Å²) in [7, 11) is 0. The normalized spacial score (nSPS) is 11.4. The molecule has 174 valence electrons. The van der Waals surface area contributed by atoms with E-state index in [4.69, 9.17) is 4.74 Å². The van der Waals surface area contributed by atoms with E-state index in [-0.39, 0.29) is 24.4 Å². The first kappa shape index (κ1) is 24.3. The van der Waals surface area contributed by atoms with Gasteiger partial charge in [0.15, 0.2) is 6.10 Å². The number of nitrogens with one attached hydrogen (secondary N) is 1. The number of ketones is 1.